The van der Waals surface area contributed by atoms with Gasteiger partial charge in [0, 0.05) is 30.4 Å². The summed E-state index contributed by atoms with van der Waals surface area (Å²) in [6, 6.07) is 3.17. The van der Waals surface area contributed by atoms with E-state index in [1.807, 2.05) is 0 Å². The second kappa shape index (κ2) is 8.84. The van der Waals surface area contributed by atoms with Crippen LogP contribution in [-0.4, -0.2) is 31.4 Å². The first-order valence-corrected chi connectivity index (χ1v) is 6.82. The van der Waals surface area contributed by atoms with Gasteiger partial charge in [-0.3, -0.25) is 0 Å². The third-order valence-corrected chi connectivity index (χ3v) is 2.93. The molecule has 0 spiro atoms. The Bertz CT molecular complexity index is 486. The van der Waals surface area contributed by atoms with Gasteiger partial charge in [-0.2, -0.15) is 0 Å². The molecule has 6 heteroatoms. The third-order valence-electron chi connectivity index (χ3n) is 2.43. The molecule has 1 rings (SSSR count). The lowest BCUT2D eigenvalue weighted by Crippen LogP contribution is -2.01. The number of carboxylic acids is 1. The standard InChI is InChI=1S/C14H16Cl2O4/c1-19-6-2-3-7-20-14-10(4-5-13(17)18)8-11(15)9-12(14)16/h4-5,8-9H,2-3,6-7H2,1H3,(H,17,18)/b5-4+. The van der Waals surface area contributed by atoms with Crippen molar-refractivity contribution in [2.45, 2.75) is 12.8 Å². The van der Waals surface area contributed by atoms with Crippen LogP contribution in [-0.2, 0) is 9.53 Å². The molecule has 0 saturated carbocycles. The van der Waals surface area contributed by atoms with Crippen LogP contribution >= 0.6 is 23.2 Å². The average molecular weight is 319 g/mol. The molecule has 0 radical (unpaired) electrons. The summed E-state index contributed by atoms with van der Waals surface area (Å²) >= 11 is 12.0. The summed E-state index contributed by atoms with van der Waals surface area (Å²) in [7, 11) is 1.64. The minimum absolute atomic E-state index is 0.356. The van der Waals surface area contributed by atoms with Crippen LogP contribution in [0.3, 0.4) is 0 Å². The fraction of sp³-hybridized carbons (Fsp3) is 0.357. The van der Waals surface area contributed by atoms with E-state index in [0.717, 1.165) is 18.9 Å². The molecule has 0 aromatic heterocycles. The molecule has 110 valence electrons. The molecule has 0 unspecified atom stereocenters. The van der Waals surface area contributed by atoms with E-state index in [9.17, 15) is 4.79 Å². The second-order valence-electron chi connectivity index (χ2n) is 4.03. The average Bonchev–Trinajstić information content (AvgIpc) is 2.38. The van der Waals surface area contributed by atoms with Crippen LogP contribution in [0.5, 0.6) is 5.75 Å². The molecular formula is C14H16Cl2O4. The van der Waals surface area contributed by atoms with Crippen LogP contribution in [0.4, 0.5) is 0 Å². The van der Waals surface area contributed by atoms with Gasteiger partial charge in [-0.15, -0.1) is 0 Å². The van der Waals surface area contributed by atoms with E-state index in [2.05, 4.69) is 0 Å². The zero-order valence-corrected chi connectivity index (χ0v) is 12.6. The van der Waals surface area contributed by atoms with Gasteiger partial charge in [0.25, 0.3) is 0 Å². The zero-order chi connectivity index (χ0) is 15.0. The number of ether oxygens (including phenoxy) is 2. The van der Waals surface area contributed by atoms with Crippen molar-refractivity contribution in [2.75, 3.05) is 20.3 Å². The van der Waals surface area contributed by atoms with Gasteiger partial charge < -0.3 is 14.6 Å². The highest BCUT2D eigenvalue weighted by molar-refractivity contribution is 6.35. The topological polar surface area (TPSA) is 55.8 Å². The molecule has 0 fully saturated rings. The number of carboxylic acid groups (broad SMARTS) is 1. The van der Waals surface area contributed by atoms with Gasteiger partial charge in [0.15, 0.2) is 0 Å². The lowest BCUT2D eigenvalue weighted by Gasteiger charge is -2.11. The summed E-state index contributed by atoms with van der Waals surface area (Å²) < 4.78 is 10.6. The normalized spacial score (nSPS) is 10.9. The Labute approximate surface area is 127 Å². The van der Waals surface area contributed by atoms with Crippen molar-refractivity contribution in [1.82, 2.24) is 0 Å². The highest BCUT2D eigenvalue weighted by Crippen LogP contribution is 2.33. The SMILES string of the molecule is COCCCCOc1c(Cl)cc(Cl)cc1/C=C/C(=O)O. The Kier molecular flexibility index (Phi) is 7.44. The zero-order valence-electron chi connectivity index (χ0n) is 11.1. The highest BCUT2D eigenvalue weighted by Gasteiger charge is 2.09. The van der Waals surface area contributed by atoms with Crippen LogP contribution < -0.4 is 4.74 Å². The Hall–Kier alpha value is -1.23. The summed E-state index contributed by atoms with van der Waals surface area (Å²) in [5.41, 5.74) is 0.539. The maximum Gasteiger partial charge on any atom is 0.328 e. The summed E-state index contributed by atoms with van der Waals surface area (Å²) in [4.78, 5) is 10.6. The van der Waals surface area contributed by atoms with E-state index in [-0.39, 0.29) is 0 Å². The number of rotatable bonds is 8. The van der Waals surface area contributed by atoms with E-state index in [0.29, 0.717) is 34.6 Å². The molecule has 0 amide bonds. The van der Waals surface area contributed by atoms with Crippen molar-refractivity contribution in [3.63, 3.8) is 0 Å². The largest absolute Gasteiger partial charge is 0.491 e. The number of hydrogen-bond donors (Lipinski definition) is 1. The molecule has 1 N–H and O–H groups in total. The van der Waals surface area contributed by atoms with E-state index >= 15 is 0 Å². The van der Waals surface area contributed by atoms with Crippen molar-refractivity contribution in [2.24, 2.45) is 0 Å². The van der Waals surface area contributed by atoms with Gasteiger partial charge in [-0.25, -0.2) is 4.79 Å². The summed E-state index contributed by atoms with van der Waals surface area (Å²) in [5, 5.41) is 9.45. The Morgan fingerprint density at radius 1 is 1.30 bits per heavy atom. The minimum atomic E-state index is -1.05. The van der Waals surface area contributed by atoms with Crippen molar-refractivity contribution in [3.8, 4) is 5.75 Å². The lowest BCUT2D eigenvalue weighted by molar-refractivity contribution is -0.131. The minimum Gasteiger partial charge on any atom is -0.491 e. The first kappa shape index (κ1) is 16.8. The van der Waals surface area contributed by atoms with E-state index in [4.69, 9.17) is 37.8 Å². The predicted molar refractivity (Wildman–Crippen MR) is 79.7 cm³/mol. The number of carbonyl (C=O) groups is 1. The first-order chi connectivity index (χ1) is 9.54. The summed E-state index contributed by atoms with van der Waals surface area (Å²) in [5.74, 6) is -0.613. The molecule has 20 heavy (non-hydrogen) atoms. The molecule has 4 nitrogen and oxygen atoms in total. The Morgan fingerprint density at radius 3 is 2.65 bits per heavy atom. The highest BCUT2D eigenvalue weighted by atomic mass is 35.5. The third kappa shape index (κ3) is 5.82. The van der Waals surface area contributed by atoms with Crippen molar-refractivity contribution >= 4 is 35.2 Å². The maximum absolute atomic E-state index is 10.6. The van der Waals surface area contributed by atoms with Gasteiger partial charge in [0.2, 0.25) is 0 Å². The van der Waals surface area contributed by atoms with Gasteiger partial charge in [-0.05, 0) is 31.1 Å². The van der Waals surface area contributed by atoms with Gasteiger partial charge in [0.05, 0.1) is 11.6 Å². The first-order valence-electron chi connectivity index (χ1n) is 6.06. The van der Waals surface area contributed by atoms with Crippen molar-refractivity contribution in [3.05, 3.63) is 33.8 Å². The molecule has 0 aliphatic heterocycles. The number of halogens is 2. The van der Waals surface area contributed by atoms with E-state index in [1.54, 1.807) is 19.2 Å². The molecule has 0 aliphatic carbocycles. The molecule has 0 atom stereocenters. The molecule has 0 saturated heterocycles. The monoisotopic (exact) mass is 318 g/mol. The molecule has 1 aromatic carbocycles. The quantitative estimate of drug-likeness (QED) is 0.583. The number of unbranched alkanes of at least 4 members (excludes halogenated alkanes) is 1. The molecule has 1 aromatic rings. The van der Waals surface area contributed by atoms with E-state index < -0.39 is 5.97 Å². The van der Waals surface area contributed by atoms with Gasteiger partial charge in [-0.1, -0.05) is 23.2 Å². The number of benzene rings is 1. The number of aliphatic carboxylic acids is 1. The van der Waals surface area contributed by atoms with Gasteiger partial charge >= 0.3 is 5.97 Å². The van der Waals surface area contributed by atoms with Crippen LogP contribution in [0.1, 0.15) is 18.4 Å². The molecule has 0 heterocycles. The van der Waals surface area contributed by atoms with Crippen LogP contribution in [0.25, 0.3) is 6.08 Å². The number of methoxy groups -OCH3 is 1. The molecular weight excluding hydrogens is 303 g/mol. The van der Waals surface area contributed by atoms with Gasteiger partial charge in [0.1, 0.15) is 5.75 Å². The fourth-order valence-corrected chi connectivity index (χ4v) is 2.10. The van der Waals surface area contributed by atoms with Crippen LogP contribution in [0, 0.1) is 0 Å². The Balaban J connectivity index is 2.79. The van der Waals surface area contributed by atoms with E-state index in [1.165, 1.54) is 6.08 Å². The lowest BCUT2D eigenvalue weighted by atomic mass is 10.2. The molecule has 0 aliphatic rings. The van der Waals surface area contributed by atoms with Crippen molar-refractivity contribution < 1.29 is 19.4 Å². The van der Waals surface area contributed by atoms with Crippen LogP contribution in [0.15, 0.2) is 18.2 Å². The maximum atomic E-state index is 10.6. The molecule has 0 bridgehead atoms. The fourth-order valence-electron chi connectivity index (χ4n) is 1.54. The van der Waals surface area contributed by atoms with Crippen molar-refractivity contribution in [1.29, 1.82) is 0 Å². The van der Waals surface area contributed by atoms with Crippen LogP contribution in [0.2, 0.25) is 10.0 Å². The summed E-state index contributed by atoms with van der Waals surface area (Å²) in [6.45, 7) is 1.14. The smallest absolute Gasteiger partial charge is 0.328 e. The number of hydrogen-bond acceptors (Lipinski definition) is 3. The second-order valence-corrected chi connectivity index (χ2v) is 4.87. The Morgan fingerprint density at radius 2 is 2.00 bits per heavy atom. The summed E-state index contributed by atoms with van der Waals surface area (Å²) in [6.07, 6.45) is 4.11. The predicted octanol–water partition coefficient (Wildman–Crippen LogP) is 3.90.